The molecule has 0 bridgehead atoms. The summed E-state index contributed by atoms with van der Waals surface area (Å²) in [4.78, 5) is 35.2. The van der Waals surface area contributed by atoms with Crippen LogP contribution in [0.1, 0.15) is 26.3 Å². The van der Waals surface area contributed by atoms with Crippen LogP contribution in [0, 0.1) is 10.1 Å². The number of carbonyl (C=O) groups is 2. The van der Waals surface area contributed by atoms with Gasteiger partial charge >= 0.3 is 5.97 Å². The predicted octanol–water partition coefficient (Wildman–Crippen LogP) is 4.73. The smallest absolute Gasteiger partial charge is 0.344 e. The Kier molecular flexibility index (Phi) is 6.17. The minimum atomic E-state index is -0.695. The van der Waals surface area contributed by atoms with Gasteiger partial charge in [0.05, 0.1) is 16.7 Å². The lowest BCUT2D eigenvalue weighted by Gasteiger charge is -2.07. The Balaban J connectivity index is 1.40. The van der Waals surface area contributed by atoms with E-state index in [2.05, 4.69) is 10.5 Å². The number of fused-ring (bicyclic) bond motifs is 1. The van der Waals surface area contributed by atoms with Crippen LogP contribution in [0.25, 0.3) is 10.8 Å². The Bertz CT molecular complexity index is 1380. The average molecular weight is 439 g/mol. The molecule has 0 unspecified atom stereocenters. The molecule has 4 aromatic rings. The Morgan fingerprint density at radius 3 is 2.30 bits per heavy atom. The summed E-state index contributed by atoms with van der Waals surface area (Å²) in [6.45, 7) is 0. The molecule has 0 aliphatic rings. The zero-order chi connectivity index (χ0) is 23.2. The number of benzene rings is 4. The number of nitro groups is 1. The fourth-order valence-electron chi connectivity index (χ4n) is 3.24. The third kappa shape index (κ3) is 4.91. The van der Waals surface area contributed by atoms with Gasteiger partial charge in [-0.15, -0.1) is 0 Å². The molecule has 0 aliphatic carbocycles. The van der Waals surface area contributed by atoms with Gasteiger partial charge in [0.15, 0.2) is 0 Å². The van der Waals surface area contributed by atoms with Crippen molar-refractivity contribution in [1.29, 1.82) is 0 Å². The van der Waals surface area contributed by atoms with Crippen molar-refractivity contribution in [1.82, 2.24) is 5.43 Å². The third-order valence-electron chi connectivity index (χ3n) is 4.83. The van der Waals surface area contributed by atoms with Crippen molar-refractivity contribution in [3.05, 3.63) is 118 Å². The summed E-state index contributed by atoms with van der Waals surface area (Å²) in [6.07, 6.45) is 1.38. The van der Waals surface area contributed by atoms with Crippen molar-refractivity contribution in [2.45, 2.75) is 0 Å². The van der Waals surface area contributed by atoms with E-state index in [0.717, 1.165) is 10.8 Å². The van der Waals surface area contributed by atoms with Crippen LogP contribution in [-0.4, -0.2) is 23.0 Å². The molecule has 0 aromatic heterocycles. The predicted molar refractivity (Wildman–Crippen MR) is 124 cm³/mol. The first-order valence-electron chi connectivity index (χ1n) is 9.90. The van der Waals surface area contributed by atoms with E-state index < -0.39 is 16.8 Å². The summed E-state index contributed by atoms with van der Waals surface area (Å²) in [5.41, 5.74) is 2.97. The minimum Gasteiger partial charge on any atom is -0.423 e. The van der Waals surface area contributed by atoms with Gasteiger partial charge in [-0.1, -0.05) is 48.5 Å². The van der Waals surface area contributed by atoms with Crippen molar-refractivity contribution in [2.75, 3.05) is 0 Å². The number of ether oxygens (including phenoxy) is 1. The molecule has 0 heterocycles. The first-order chi connectivity index (χ1) is 16.0. The number of hydrogen-bond donors (Lipinski definition) is 1. The molecule has 0 saturated heterocycles. The molecule has 4 aromatic carbocycles. The summed E-state index contributed by atoms with van der Waals surface area (Å²) < 4.78 is 5.48. The van der Waals surface area contributed by atoms with E-state index in [1.54, 1.807) is 36.4 Å². The second-order valence-corrected chi connectivity index (χ2v) is 6.96. The largest absolute Gasteiger partial charge is 0.423 e. The lowest BCUT2D eigenvalue weighted by Crippen LogP contribution is -2.18. The SMILES string of the molecule is O=C(N/N=C\c1ccc(OC(=O)c2cccc3ccccc23)cc1)c1ccccc1[N+](=O)[O-]. The molecule has 33 heavy (non-hydrogen) atoms. The van der Waals surface area contributed by atoms with Crippen LogP contribution in [0.5, 0.6) is 5.75 Å². The van der Waals surface area contributed by atoms with Gasteiger partial charge in [0.1, 0.15) is 11.3 Å². The number of nitrogens with zero attached hydrogens (tertiary/aromatic N) is 2. The average Bonchev–Trinajstić information content (AvgIpc) is 2.84. The fraction of sp³-hybridized carbons (Fsp3) is 0. The Morgan fingerprint density at radius 2 is 1.52 bits per heavy atom. The van der Waals surface area contributed by atoms with Gasteiger partial charge in [0.2, 0.25) is 0 Å². The van der Waals surface area contributed by atoms with Crippen LogP contribution in [0.3, 0.4) is 0 Å². The number of nitrogens with one attached hydrogen (secondary N) is 1. The van der Waals surface area contributed by atoms with Crippen LogP contribution in [0.15, 0.2) is 96.1 Å². The first-order valence-corrected chi connectivity index (χ1v) is 9.90. The number of carbonyl (C=O) groups excluding carboxylic acids is 2. The van der Waals surface area contributed by atoms with Crippen molar-refractivity contribution >= 4 is 34.6 Å². The van der Waals surface area contributed by atoms with Gasteiger partial charge in [-0.3, -0.25) is 14.9 Å². The van der Waals surface area contributed by atoms with Crippen LogP contribution < -0.4 is 10.2 Å². The normalized spacial score (nSPS) is 10.8. The molecule has 162 valence electrons. The van der Waals surface area contributed by atoms with Crippen LogP contribution >= 0.6 is 0 Å². The molecule has 0 fully saturated rings. The molecule has 0 radical (unpaired) electrons. The van der Waals surface area contributed by atoms with Crippen molar-refractivity contribution in [3.63, 3.8) is 0 Å². The maximum atomic E-state index is 12.6. The second-order valence-electron chi connectivity index (χ2n) is 6.96. The van der Waals surface area contributed by atoms with Gasteiger partial charge < -0.3 is 4.74 Å². The highest BCUT2D eigenvalue weighted by Gasteiger charge is 2.18. The Labute approximate surface area is 188 Å². The topological polar surface area (TPSA) is 111 Å². The summed E-state index contributed by atoms with van der Waals surface area (Å²) >= 11 is 0. The molecular formula is C25H17N3O5. The molecule has 8 heteroatoms. The number of para-hydroxylation sites is 1. The van der Waals surface area contributed by atoms with Crippen LogP contribution in [0.4, 0.5) is 5.69 Å². The van der Waals surface area contributed by atoms with E-state index in [-0.39, 0.29) is 11.3 Å². The number of amides is 1. The van der Waals surface area contributed by atoms with E-state index >= 15 is 0 Å². The van der Waals surface area contributed by atoms with Crippen molar-refractivity contribution in [3.8, 4) is 5.75 Å². The molecule has 0 atom stereocenters. The Hall–Kier alpha value is -4.85. The molecule has 0 aliphatic heterocycles. The zero-order valence-electron chi connectivity index (χ0n) is 17.2. The van der Waals surface area contributed by atoms with Gasteiger partial charge in [-0.25, -0.2) is 10.2 Å². The minimum absolute atomic E-state index is 0.0876. The van der Waals surface area contributed by atoms with Crippen molar-refractivity contribution < 1.29 is 19.2 Å². The fourth-order valence-corrected chi connectivity index (χ4v) is 3.24. The van der Waals surface area contributed by atoms with Gasteiger partial charge in [0, 0.05) is 6.07 Å². The molecular weight excluding hydrogens is 422 g/mol. The molecule has 0 spiro atoms. The summed E-state index contributed by atoms with van der Waals surface area (Å²) in [7, 11) is 0. The summed E-state index contributed by atoms with van der Waals surface area (Å²) in [5.74, 6) is -0.807. The van der Waals surface area contributed by atoms with E-state index in [0.29, 0.717) is 16.9 Å². The highest BCUT2D eigenvalue weighted by atomic mass is 16.6. The maximum absolute atomic E-state index is 12.6. The number of hydrogen-bond acceptors (Lipinski definition) is 6. The molecule has 1 N–H and O–H groups in total. The van der Waals surface area contributed by atoms with E-state index in [9.17, 15) is 19.7 Å². The van der Waals surface area contributed by atoms with Crippen LogP contribution in [0.2, 0.25) is 0 Å². The lowest BCUT2D eigenvalue weighted by molar-refractivity contribution is -0.385. The van der Waals surface area contributed by atoms with Gasteiger partial charge in [0.25, 0.3) is 11.6 Å². The number of hydrazone groups is 1. The standard InChI is InChI=1S/C25H17N3O5/c29-24(22-9-3-4-11-23(22)28(31)32)27-26-16-17-12-14-19(15-13-17)33-25(30)21-10-5-7-18-6-1-2-8-20(18)21/h1-16H,(H,27,29)/b26-16-. The van der Waals surface area contributed by atoms with Gasteiger partial charge in [-0.05, 0) is 52.7 Å². The van der Waals surface area contributed by atoms with Crippen molar-refractivity contribution in [2.24, 2.45) is 5.10 Å². The quantitative estimate of drug-likeness (QED) is 0.153. The molecule has 4 rings (SSSR count). The van der Waals surface area contributed by atoms with E-state index in [4.69, 9.17) is 4.74 Å². The van der Waals surface area contributed by atoms with Gasteiger partial charge in [-0.2, -0.15) is 5.10 Å². The monoisotopic (exact) mass is 439 g/mol. The summed E-state index contributed by atoms with van der Waals surface area (Å²) in [6, 6.07) is 25.1. The number of rotatable bonds is 6. The molecule has 1 amide bonds. The zero-order valence-corrected chi connectivity index (χ0v) is 17.2. The first kappa shape index (κ1) is 21.4. The second kappa shape index (κ2) is 9.52. The molecule has 0 saturated carbocycles. The maximum Gasteiger partial charge on any atom is 0.344 e. The number of nitro benzene ring substituents is 1. The highest BCUT2D eigenvalue weighted by Crippen LogP contribution is 2.21. The third-order valence-corrected chi connectivity index (χ3v) is 4.83. The summed E-state index contributed by atoms with van der Waals surface area (Å²) in [5, 5.41) is 16.6. The van der Waals surface area contributed by atoms with E-state index in [1.807, 2.05) is 30.3 Å². The number of esters is 1. The van der Waals surface area contributed by atoms with E-state index in [1.165, 1.54) is 30.5 Å². The highest BCUT2D eigenvalue weighted by molar-refractivity contribution is 6.05. The van der Waals surface area contributed by atoms with Crippen LogP contribution in [-0.2, 0) is 0 Å². The molecule has 8 nitrogen and oxygen atoms in total. The Morgan fingerprint density at radius 1 is 0.848 bits per heavy atom. The lowest BCUT2D eigenvalue weighted by atomic mass is 10.0.